The Labute approximate surface area is 207 Å². The fourth-order valence-corrected chi connectivity index (χ4v) is 3.42. The second-order valence-electron chi connectivity index (χ2n) is 8.10. The number of urea groups is 1. The van der Waals surface area contributed by atoms with Crippen LogP contribution in [0.5, 0.6) is 5.75 Å². The fraction of sp³-hybridized carbons (Fsp3) is 0.154. The zero-order valence-electron chi connectivity index (χ0n) is 20.0. The molecule has 0 saturated carbocycles. The van der Waals surface area contributed by atoms with E-state index in [-0.39, 0.29) is 11.8 Å². The van der Waals surface area contributed by atoms with Crippen LogP contribution in [0.3, 0.4) is 0 Å². The molecule has 2 aromatic heterocycles. The van der Waals surface area contributed by atoms with Crippen molar-refractivity contribution in [2.75, 3.05) is 37.2 Å². The van der Waals surface area contributed by atoms with Crippen molar-refractivity contribution in [1.82, 2.24) is 14.9 Å². The summed E-state index contributed by atoms with van der Waals surface area (Å²) in [5.41, 5.74) is 2.24. The first-order chi connectivity index (χ1) is 17.3. The van der Waals surface area contributed by atoms with E-state index in [0.29, 0.717) is 40.3 Å². The predicted molar refractivity (Wildman–Crippen MR) is 137 cm³/mol. The lowest BCUT2D eigenvalue weighted by atomic mass is 10.1. The number of para-hydroxylation sites is 1. The maximum absolute atomic E-state index is 14.7. The van der Waals surface area contributed by atoms with Gasteiger partial charge in [-0.15, -0.1) is 0 Å². The van der Waals surface area contributed by atoms with Crippen molar-refractivity contribution >= 4 is 40.2 Å². The number of fused-ring (bicyclic) bond motifs is 1. The number of methoxy groups -OCH3 is 1. The number of carbonyl (C=O) groups is 2. The fourth-order valence-electron chi connectivity index (χ4n) is 3.42. The molecule has 0 spiro atoms. The van der Waals surface area contributed by atoms with Crippen LogP contribution in [0.4, 0.5) is 26.5 Å². The van der Waals surface area contributed by atoms with Gasteiger partial charge in [-0.25, -0.2) is 19.2 Å². The predicted octanol–water partition coefficient (Wildman–Crippen LogP) is 4.74. The number of aromatic nitrogens is 2. The minimum Gasteiger partial charge on any atom is -0.497 e. The second kappa shape index (κ2) is 10.7. The van der Waals surface area contributed by atoms with Gasteiger partial charge in [0.25, 0.3) is 5.91 Å². The number of hydrogen-bond acceptors (Lipinski definition) is 6. The average Bonchev–Trinajstić information content (AvgIpc) is 2.88. The molecule has 10 heteroatoms. The molecular formula is C26H25FN6O3. The van der Waals surface area contributed by atoms with Crippen molar-refractivity contribution in [2.24, 2.45) is 0 Å². The van der Waals surface area contributed by atoms with E-state index in [1.807, 2.05) is 0 Å². The van der Waals surface area contributed by atoms with Gasteiger partial charge in [-0.3, -0.25) is 10.1 Å². The molecule has 0 aliphatic rings. The van der Waals surface area contributed by atoms with Crippen LogP contribution in [0.15, 0.2) is 66.9 Å². The summed E-state index contributed by atoms with van der Waals surface area (Å²) in [6, 6.07) is 16.5. The number of carbonyl (C=O) groups excluding carboxylic acids is 2. The van der Waals surface area contributed by atoms with Crippen molar-refractivity contribution in [1.29, 1.82) is 0 Å². The molecule has 0 radical (unpaired) electrons. The third-order valence-electron chi connectivity index (χ3n) is 5.33. The van der Waals surface area contributed by atoms with Crippen molar-refractivity contribution in [2.45, 2.75) is 6.54 Å². The van der Waals surface area contributed by atoms with E-state index in [9.17, 15) is 14.0 Å². The van der Waals surface area contributed by atoms with Crippen molar-refractivity contribution in [3.05, 3.63) is 83.8 Å². The highest BCUT2D eigenvalue weighted by molar-refractivity contribution is 6.08. The molecule has 0 aliphatic heterocycles. The Morgan fingerprint density at radius 1 is 1.03 bits per heavy atom. The van der Waals surface area contributed by atoms with Crippen molar-refractivity contribution in [3.8, 4) is 5.75 Å². The van der Waals surface area contributed by atoms with Gasteiger partial charge in [0.15, 0.2) is 11.6 Å². The number of pyridine rings is 2. The van der Waals surface area contributed by atoms with E-state index < -0.39 is 11.7 Å². The number of halogens is 1. The van der Waals surface area contributed by atoms with Crippen LogP contribution in [0.2, 0.25) is 0 Å². The number of amides is 3. The van der Waals surface area contributed by atoms with Crippen LogP contribution in [-0.2, 0) is 6.54 Å². The van der Waals surface area contributed by atoms with Gasteiger partial charge in [-0.05, 0) is 54.1 Å². The lowest BCUT2D eigenvalue weighted by Gasteiger charge is -2.14. The summed E-state index contributed by atoms with van der Waals surface area (Å²) in [6.45, 7) is 0.363. The summed E-state index contributed by atoms with van der Waals surface area (Å²) in [5.74, 6) is -0.330. The van der Waals surface area contributed by atoms with E-state index in [1.54, 1.807) is 74.9 Å². The number of nitrogens with zero attached hydrogens (tertiary/aromatic N) is 3. The van der Waals surface area contributed by atoms with E-state index >= 15 is 0 Å². The summed E-state index contributed by atoms with van der Waals surface area (Å²) >= 11 is 0. The lowest BCUT2D eigenvalue weighted by molar-refractivity contribution is 0.102. The quantitative estimate of drug-likeness (QED) is 0.347. The SMILES string of the molecule is COc1ccc2nc(NC(=O)c3ccccc3NCc3ccnc(NC(=O)N(C)C)c3)c(F)cc2c1. The van der Waals surface area contributed by atoms with Crippen molar-refractivity contribution in [3.63, 3.8) is 0 Å². The third-order valence-corrected chi connectivity index (χ3v) is 5.33. The average molecular weight is 489 g/mol. The highest BCUT2D eigenvalue weighted by Crippen LogP contribution is 2.25. The van der Waals surface area contributed by atoms with E-state index in [0.717, 1.165) is 5.56 Å². The maximum atomic E-state index is 14.7. The molecule has 0 fully saturated rings. The molecule has 184 valence electrons. The van der Waals surface area contributed by atoms with E-state index in [2.05, 4.69) is 25.9 Å². The Morgan fingerprint density at radius 2 is 1.83 bits per heavy atom. The molecule has 9 nitrogen and oxygen atoms in total. The number of anilines is 3. The number of benzene rings is 2. The Balaban J connectivity index is 1.49. The highest BCUT2D eigenvalue weighted by Gasteiger charge is 2.15. The van der Waals surface area contributed by atoms with Gasteiger partial charge in [-0.2, -0.15) is 0 Å². The van der Waals surface area contributed by atoms with Gasteiger partial charge in [0, 0.05) is 37.9 Å². The Kier molecular flexibility index (Phi) is 7.24. The standard InChI is InChI=1S/C26H25FN6O3/c1-33(2)26(35)31-23-12-16(10-11-28-23)15-29-22-7-5-4-6-19(22)25(34)32-24-20(27)14-17-13-18(36-3)8-9-21(17)30-24/h4-14,29H,15H2,1-3H3,(H,28,31,35)(H,30,32,34). The second-order valence-corrected chi connectivity index (χ2v) is 8.10. The molecule has 3 amide bonds. The maximum Gasteiger partial charge on any atom is 0.322 e. The molecule has 0 unspecified atom stereocenters. The smallest absolute Gasteiger partial charge is 0.322 e. The summed E-state index contributed by atoms with van der Waals surface area (Å²) in [7, 11) is 4.81. The molecule has 2 aromatic carbocycles. The molecule has 4 aromatic rings. The van der Waals surface area contributed by atoms with Gasteiger partial charge < -0.3 is 20.3 Å². The number of ether oxygens (including phenoxy) is 1. The Bertz CT molecular complexity index is 1430. The zero-order chi connectivity index (χ0) is 25.7. The molecule has 2 heterocycles. The molecule has 0 aliphatic carbocycles. The third kappa shape index (κ3) is 5.66. The van der Waals surface area contributed by atoms with E-state index in [1.165, 1.54) is 18.1 Å². The zero-order valence-corrected chi connectivity index (χ0v) is 20.0. The summed E-state index contributed by atoms with van der Waals surface area (Å²) in [6.07, 6.45) is 1.59. The monoisotopic (exact) mass is 488 g/mol. The number of rotatable bonds is 7. The highest BCUT2D eigenvalue weighted by atomic mass is 19.1. The minimum absolute atomic E-state index is 0.164. The molecule has 0 atom stereocenters. The first-order valence-corrected chi connectivity index (χ1v) is 11.1. The van der Waals surface area contributed by atoms with Crippen LogP contribution in [0, 0.1) is 5.82 Å². The van der Waals surface area contributed by atoms with E-state index in [4.69, 9.17) is 4.74 Å². The lowest BCUT2D eigenvalue weighted by Crippen LogP contribution is -2.27. The minimum atomic E-state index is -0.654. The number of hydrogen-bond donors (Lipinski definition) is 3. The molecule has 3 N–H and O–H groups in total. The van der Waals surface area contributed by atoms with Crippen LogP contribution >= 0.6 is 0 Å². The van der Waals surface area contributed by atoms with Gasteiger partial charge in [-0.1, -0.05) is 12.1 Å². The number of nitrogens with one attached hydrogen (secondary N) is 3. The van der Waals surface area contributed by atoms with Crippen LogP contribution < -0.4 is 20.7 Å². The van der Waals surface area contributed by atoms with Crippen LogP contribution in [0.25, 0.3) is 10.9 Å². The molecule has 36 heavy (non-hydrogen) atoms. The normalized spacial score (nSPS) is 10.6. The van der Waals surface area contributed by atoms with Crippen LogP contribution in [-0.4, -0.2) is 48.0 Å². The van der Waals surface area contributed by atoms with Crippen LogP contribution in [0.1, 0.15) is 15.9 Å². The first-order valence-electron chi connectivity index (χ1n) is 11.1. The Morgan fingerprint density at radius 3 is 2.61 bits per heavy atom. The van der Waals surface area contributed by atoms with Crippen molar-refractivity contribution < 1.29 is 18.7 Å². The summed E-state index contributed by atoms with van der Waals surface area (Å²) < 4.78 is 19.9. The van der Waals surface area contributed by atoms with Gasteiger partial charge in [0.1, 0.15) is 11.6 Å². The molecule has 0 bridgehead atoms. The molecule has 4 rings (SSSR count). The molecule has 0 saturated heterocycles. The Hall–Kier alpha value is -4.73. The first kappa shape index (κ1) is 24.4. The van der Waals surface area contributed by atoms with Gasteiger partial charge in [0.05, 0.1) is 18.2 Å². The summed E-state index contributed by atoms with van der Waals surface area (Å²) in [5, 5.41) is 9.04. The topological polar surface area (TPSA) is 108 Å². The molecular weight excluding hydrogens is 463 g/mol. The summed E-state index contributed by atoms with van der Waals surface area (Å²) in [4.78, 5) is 34.7. The van der Waals surface area contributed by atoms with Gasteiger partial charge >= 0.3 is 6.03 Å². The van der Waals surface area contributed by atoms with Gasteiger partial charge in [0.2, 0.25) is 0 Å². The largest absolute Gasteiger partial charge is 0.497 e.